The van der Waals surface area contributed by atoms with Crippen molar-refractivity contribution in [1.82, 2.24) is 4.98 Å². The minimum Gasteiger partial charge on any atom is -0.327 e. The molecular formula is C6H9FN2S. The van der Waals surface area contributed by atoms with Crippen LogP contribution in [0.15, 0.2) is 11.7 Å². The number of hydrogen-bond acceptors (Lipinski definition) is 3. The van der Waals surface area contributed by atoms with Crippen LogP contribution in [-0.4, -0.2) is 11.5 Å². The van der Waals surface area contributed by atoms with Gasteiger partial charge in [0.05, 0.1) is 10.4 Å². The summed E-state index contributed by atoms with van der Waals surface area (Å²) in [6.45, 7) is 1.47. The van der Waals surface area contributed by atoms with Crippen molar-refractivity contribution in [1.29, 1.82) is 0 Å². The second kappa shape index (κ2) is 2.64. The molecule has 56 valence electrons. The van der Waals surface area contributed by atoms with Crippen LogP contribution in [0.4, 0.5) is 4.39 Å². The highest BCUT2D eigenvalue weighted by atomic mass is 32.1. The van der Waals surface area contributed by atoms with Crippen LogP contribution in [0.2, 0.25) is 0 Å². The fourth-order valence-electron chi connectivity index (χ4n) is 0.574. The summed E-state index contributed by atoms with van der Waals surface area (Å²) in [6, 6.07) is 0. The van der Waals surface area contributed by atoms with E-state index in [1.165, 1.54) is 24.5 Å². The number of halogens is 1. The Hall–Kier alpha value is -0.480. The molecule has 0 aromatic carbocycles. The van der Waals surface area contributed by atoms with E-state index in [1.807, 2.05) is 0 Å². The van der Waals surface area contributed by atoms with Gasteiger partial charge in [0.15, 0.2) is 5.67 Å². The molecule has 0 saturated heterocycles. The lowest BCUT2D eigenvalue weighted by Gasteiger charge is -2.14. The van der Waals surface area contributed by atoms with Gasteiger partial charge in [0, 0.05) is 12.7 Å². The maximum Gasteiger partial charge on any atom is 0.155 e. The second-order valence-electron chi connectivity index (χ2n) is 2.27. The highest BCUT2D eigenvalue weighted by molar-refractivity contribution is 7.09. The molecule has 0 saturated carbocycles. The van der Waals surface area contributed by atoms with E-state index in [1.54, 1.807) is 5.51 Å². The molecule has 1 aromatic heterocycles. The van der Waals surface area contributed by atoms with Crippen molar-refractivity contribution in [2.45, 2.75) is 12.6 Å². The van der Waals surface area contributed by atoms with Crippen LogP contribution in [0.3, 0.4) is 0 Å². The first-order valence-electron chi connectivity index (χ1n) is 2.95. The molecule has 1 aromatic rings. The molecule has 1 atom stereocenters. The summed E-state index contributed by atoms with van der Waals surface area (Å²) in [4.78, 5) is 4.35. The Kier molecular flexibility index (Phi) is 2.01. The van der Waals surface area contributed by atoms with Gasteiger partial charge in [0.2, 0.25) is 0 Å². The highest BCUT2D eigenvalue weighted by Gasteiger charge is 2.24. The summed E-state index contributed by atoms with van der Waals surface area (Å²) in [5.74, 6) is 0. The molecular weight excluding hydrogens is 151 g/mol. The van der Waals surface area contributed by atoms with Crippen LogP contribution in [0, 0.1) is 0 Å². The van der Waals surface area contributed by atoms with Crippen molar-refractivity contribution in [3.63, 3.8) is 0 Å². The van der Waals surface area contributed by atoms with E-state index < -0.39 is 5.67 Å². The molecule has 10 heavy (non-hydrogen) atoms. The maximum atomic E-state index is 13.2. The molecule has 1 rings (SSSR count). The minimum atomic E-state index is -1.40. The van der Waals surface area contributed by atoms with Gasteiger partial charge >= 0.3 is 0 Å². The molecule has 0 aliphatic rings. The number of thiazole rings is 1. The Morgan fingerprint density at radius 3 is 3.00 bits per heavy atom. The van der Waals surface area contributed by atoms with Gasteiger partial charge < -0.3 is 5.73 Å². The molecule has 0 spiro atoms. The number of nitrogens with two attached hydrogens (primary N) is 1. The fraction of sp³-hybridized carbons (Fsp3) is 0.500. The number of aromatic nitrogens is 1. The van der Waals surface area contributed by atoms with Gasteiger partial charge in [-0.15, -0.1) is 11.3 Å². The van der Waals surface area contributed by atoms with E-state index in [-0.39, 0.29) is 6.54 Å². The summed E-state index contributed by atoms with van der Waals surface area (Å²) in [7, 11) is 0. The van der Waals surface area contributed by atoms with Gasteiger partial charge in [0.25, 0.3) is 0 Å². The average Bonchev–Trinajstić information content (AvgIpc) is 2.38. The zero-order valence-corrected chi connectivity index (χ0v) is 6.49. The first kappa shape index (κ1) is 7.63. The molecule has 0 amide bonds. The topological polar surface area (TPSA) is 38.9 Å². The Labute approximate surface area is 62.9 Å². The van der Waals surface area contributed by atoms with E-state index in [0.29, 0.717) is 4.88 Å². The van der Waals surface area contributed by atoms with Crippen molar-refractivity contribution in [3.8, 4) is 0 Å². The quantitative estimate of drug-likeness (QED) is 0.708. The number of alkyl halides is 1. The van der Waals surface area contributed by atoms with E-state index >= 15 is 0 Å². The summed E-state index contributed by atoms with van der Waals surface area (Å²) < 4.78 is 13.2. The van der Waals surface area contributed by atoms with Gasteiger partial charge in [-0.1, -0.05) is 0 Å². The van der Waals surface area contributed by atoms with Gasteiger partial charge in [0.1, 0.15) is 0 Å². The van der Waals surface area contributed by atoms with Gasteiger partial charge in [-0.25, -0.2) is 4.39 Å². The Morgan fingerprint density at radius 2 is 2.60 bits per heavy atom. The maximum absolute atomic E-state index is 13.2. The van der Waals surface area contributed by atoms with E-state index in [4.69, 9.17) is 5.73 Å². The monoisotopic (exact) mass is 160 g/mol. The SMILES string of the molecule is CC(F)(CN)c1cncs1. The van der Waals surface area contributed by atoms with Crippen LogP contribution in [-0.2, 0) is 5.67 Å². The van der Waals surface area contributed by atoms with Gasteiger partial charge in [-0.3, -0.25) is 4.98 Å². The molecule has 4 heteroatoms. The molecule has 0 radical (unpaired) electrons. The predicted octanol–water partition coefficient (Wildman–Crippen LogP) is 1.29. The third kappa shape index (κ3) is 1.33. The lowest BCUT2D eigenvalue weighted by atomic mass is 10.1. The second-order valence-corrected chi connectivity index (χ2v) is 3.15. The lowest BCUT2D eigenvalue weighted by Crippen LogP contribution is -2.25. The van der Waals surface area contributed by atoms with Crippen molar-refractivity contribution in [3.05, 3.63) is 16.6 Å². The van der Waals surface area contributed by atoms with Crippen molar-refractivity contribution in [2.75, 3.05) is 6.54 Å². The van der Waals surface area contributed by atoms with Gasteiger partial charge in [-0.05, 0) is 6.92 Å². The molecule has 2 N–H and O–H groups in total. The molecule has 1 unspecified atom stereocenters. The Balaban J connectivity index is 2.85. The molecule has 0 aliphatic heterocycles. The van der Waals surface area contributed by atoms with E-state index in [2.05, 4.69) is 4.98 Å². The van der Waals surface area contributed by atoms with E-state index in [0.717, 1.165) is 0 Å². The third-order valence-electron chi connectivity index (χ3n) is 1.33. The normalized spacial score (nSPS) is 16.7. The summed E-state index contributed by atoms with van der Waals surface area (Å²) in [5, 5.41) is 0. The van der Waals surface area contributed by atoms with Gasteiger partial charge in [-0.2, -0.15) is 0 Å². The van der Waals surface area contributed by atoms with E-state index in [9.17, 15) is 4.39 Å². The molecule has 2 nitrogen and oxygen atoms in total. The molecule has 0 aliphatic carbocycles. The number of rotatable bonds is 2. The average molecular weight is 160 g/mol. The van der Waals surface area contributed by atoms with Crippen LogP contribution < -0.4 is 5.73 Å². The standard InChI is InChI=1S/C6H9FN2S/c1-6(7,3-8)5-2-9-4-10-5/h2,4H,3,8H2,1H3. The first-order valence-corrected chi connectivity index (χ1v) is 3.83. The number of nitrogens with zero attached hydrogens (tertiary/aromatic N) is 1. The van der Waals surface area contributed by atoms with Crippen LogP contribution in [0.25, 0.3) is 0 Å². The molecule has 1 heterocycles. The predicted molar refractivity (Wildman–Crippen MR) is 39.6 cm³/mol. The van der Waals surface area contributed by atoms with Crippen molar-refractivity contribution >= 4 is 11.3 Å². The largest absolute Gasteiger partial charge is 0.327 e. The van der Waals surface area contributed by atoms with Crippen LogP contribution in [0.5, 0.6) is 0 Å². The van der Waals surface area contributed by atoms with Crippen molar-refractivity contribution in [2.24, 2.45) is 5.73 Å². The highest BCUT2D eigenvalue weighted by Crippen LogP contribution is 2.26. The van der Waals surface area contributed by atoms with Crippen LogP contribution >= 0.6 is 11.3 Å². The third-order valence-corrected chi connectivity index (χ3v) is 2.34. The lowest BCUT2D eigenvalue weighted by molar-refractivity contribution is 0.208. The molecule has 0 fully saturated rings. The number of hydrogen-bond donors (Lipinski definition) is 1. The summed E-state index contributed by atoms with van der Waals surface area (Å²) in [5.41, 5.74) is 5.40. The zero-order valence-electron chi connectivity index (χ0n) is 5.67. The first-order chi connectivity index (χ1) is 4.67. The summed E-state index contributed by atoms with van der Waals surface area (Å²) in [6.07, 6.45) is 1.51. The van der Waals surface area contributed by atoms with Crippen LogP contribution in [0.1, 0.15) is 11.8 Å². The smallest absolute Gasteiger partial charge is 0.155 e. The minimum absolute atomic E-state index is 0.00912. The zero-order chi connectivity index (χ0) is 7.61. The summed E-state index contributed by atoms with van der Waals surface area (Å²) >= 11 is 1.29. The Bertz CT molecular complexity index is 196. The Morgan fingerprint density at radius 1 is 1.90 bits per heavy atom. The van der Waals surface area contributed by atoms with Crippen molar-refractivity contribution < 1.29 is 4.39 Å². The molecule has 0 bridgehead atoms. The fourth-order valence-corrected chi connectivity index (χ4v) is 1.26.